The molecule has 7 nitrogen and oxygen atoms in total. The van der Waals surface area contributed by atoms with Crippen molar-refractivity contribution in [3.8, 4) is 10.8 Å². The van der Waals surface area contributed by atoms with Crippen LogP contribution < -0.4 is 0 Å². The molecule has 4 heterocycles. The predicted molar refractivity (Wildman–Crippen MR) is 113 cm³/mol. The number of morpholine rings is 1. The maximum Gasteiger partial charge on any atom is 0.289 e. The lowest BCUT2D eigenvalue weighted by Crippen LogP contribution is -2.49. The third kappa shape index (κ3) is 3.73. The first kappa shape index (κ1) is 19.3. The SMILES string of the molecule is O=C(c1ccc(-c2nc3ccccc3s2)o1)N1CCC[C@H](C(=O)N2CCOCC2)C1. The normalized spacial score (nSPS) is 19.9. The second-order valence-electron chi connectivity index (χ2n) is 7.68. The molecule has 0 radical (unpaired) electrons. The number of ether oxygens (including phenoxy) is 1. The molecule has 0 saturated carbocycles. The lowest BCUT2D eigenvalue weighted by Gasteiger charge is -2.35. The number of fused-ring (bicyclic) bond motifs is 1. The van der Waals surface area contributed by atoms with Gasteiger partial charge in [-0.3, -0.25) is 9.59 Å². The number of hydrogen-bond donors (Lipinski definition) is 0. The van der Waals surface area contributed by atoms with Gasteiger partial charge in [0.2, 0.25) is 5.91 Å². The lowest BCUT2D eigenvalue weighted by molar-refractivity contribution is -0.141. The van der Waals surface area contributed by atoms with E-state index < -0.39 is 0 Å². The predicted octanol–water partition coefficient (Wildman–Crippen LogP) is 3.27. The number of rotatable bonds is 3. The highest BCUT2D eigenvalue weighted by Crippen LogP contribution is 2.31. The summed E-state index contributed by atoms with van der Waals surface area (Å²) in [4.78, 5) is 34.1. The molecule has 3 aromatic rings. The van der Waals surface area contributed by atoms with Gasteiger partial charge in [0.25, 0.3) is 5.91 Å². The molecule has 1 atom stereocenters. The number of likely N-dealkylation sites (tertiary alicyclic amines) is 1. The van der Waals surface area contributed by atoms with Crippen molar-refractivity contribution in [2.45, 2.75) is 12.8 Å². The summed E-state index contributed by atoms with van der Waals surface area (Å²) >= 11 is 1.54. The van der Waals surface area contributed by atoms with Gasteiger partial charge in [-0.1, -0.05) is 12.1 Å². The standard InChI is InChI=1S/C22H23N3O4S/c26-21(24-10-12-28-13-11-24)15-4-3-9-25(14-15)22(27)18-8-7-17(29-18)20-23-16-5-1-2-6-19(16)30-20/h1-2,5-8,15H,3-4,9-14H2/t15-/m0/s1. The Morgan fingerprint density at radius 3 is 2.70 bits per heavy atom. The summed E-state index contributed by atoms with van der Waals surface area (Å²) in [6.07, 6.45) is 1.63. The summed E-state index contributed by atoms with van der Waals surface area (Å²) in [6.45, 7) is 3.51. The maximum absolute atomic E-state index is 13.0. The van der Waals surface area contributed by atoms with Crippen LogP contribution in [0.25, 0.3) is 21.0 Å². The van der Waals surface area contributed by atoms with Crippen LogP contribution in [-0.2, 0) is 9.53 Å². The molecule has 0 spiro atoms. The summed E-state index contributed by atoms with van der Waals surface area (Å²) in [7, 11) is 0. The molecule has 30 heavy (non-hydrogen) atoms. The number of amides is 2. The molecule has 2 saturated heterocycles. The highest BCUT2D eigenvalue weighted by Gasteiger charge is 2.33. The molecule has 0 N–H and O–H groups in total. The highest BCUT2D eigenvalue weighted by atomic mass is 32.1. The van der Waals surface area contributed by atoms with Gasteiger partial charge in [0.15, 0.2) is 16.5 Å². The largest absolute Gasteiger partial charge is 0.448 e. The fourth-order valence-electron chi connectivity index (χ4n) is 4.11. The van der Waals surface area contributed by atoms with Crippen LogP contribution in [0.1, 0.15) is 23.4 Å². The summed E-state index contributed by atoms with van der Waals surface area (Å²) < 4.78 is 12.3. The number of piperidine rings is 1. The fourth-order valence-corrected chi connectivity index (χ4v) is 5.03. The first-order valence-corrected chi connectivity index (χ1v) is 11.1. The molecule has 156 valence electrons. The van der Waals surface area contributed by atoms with Crippen molar-refractivity contribution in [2.24, 2.45) is 5.92 Å². The molecular weight excluding hydrogens is 402 g/mol. The van der Waals surface area contributed by atoms with E-state index in [4.69, 9.17) is 9.15 Å². The van der Waals surface area contributed by atoms with E-state index in [2.05, 4.69) is 4.98 Å². The van der Waals surface area contributed by atoms with Crippen LogP contribution in [-0.4, -0.2) is 66.0 Å². The van der Waals surface area contributed by atoms with Crippen molar-refractivity contribution in [1.29, 1.82) is 0 Å². The number of thiazole rings is 1. The van der Waals surface area contributed by atoms with Crippen LogP contribution in [0.4, 0.5) is 0 Å². The summed E-state index contributed by atoms with van der Waals surface area (Å²) in [6, 6.07) is 11.4. The molecule has 2 aliphatic heterocycles. The molecule has 2 amide bonds. The van der Waals surface area contributed by atoms with Crippen molar-refractivity contribution < 1.29 is 18.7 Å². The van der Waals surface area contributed by atoms with E-state index in [1.54, 1.807) is 28.4 Å². The Morgan fingerprint density at radius 1 is 1.03 bits per heavy atom. The topological polar surface area (TPSA) is 75.9 Å². The lowest BCUT2D eigenvalue weighted by atomic mass is 9.96. The molecule has 2 aromatic heterocycles. The second-order valence-corrected chi connectivity index (χ2v) is 8.71. The van der Waals surface area contributed by atoms with E-state index in [1.165, 1.54) is 0 Å². The van der Waals surface area contributed by atoms with Crippen molar-refractivity contribution in [3.05, 3.63) is 42.2 Å². The Morgan fingerprint density at radius 2 is 1.87 bits per heavy atom. The molecule has 0 bridgehead atoms. The number of furan rings is 1. The Kier molecular flexibility index (Phi) is 5.26. The molecule has 0 aliphatic carbocycles. The van der Waals surface area contributed by atoms with Crippen LogP contribution in [0.3, 0.4) is 0 Å². The van der Waals surface area contributed by atoms with Crippen LogP contribution in [0.2, 0.25) is 0 Å². The van der Waals surface area contributed by atoms with E-state index >= 15 is 0 Å². The number of aromatic nitrogens is 1. The minimum absolute atomic E-state index is 0.130. The Bertz CT molecular complexity index is 1040. The molecule has 2 fully saturated rings. The molecule has 2 aliphatic rings. The minimum Gasteiger partial charge on any atom is -0.448 e. The van der Waals surface area contributed by atoms with Crippen molar-refractivity contribution in [3.63, 3.8) is 0 Å². The fraction of sp³-hybridized carbons (Fsp3) is 0.409. The number of carbonyl (C=O) groups is 2. The van der Waals surface area contributed by atoms with Gasteiger partial charge in [-0.2, -0.15) is 0 Å². The highest BCUT2D eigenvalue weighted by molar-refractivity contribution is 7.21. The van der Waals surface area contributed by atoms with E-state index in [0.717, 1.165) is 28.1 Å². The molecule has 5 rings (SSSR count). The van der Waals surface area contributed by atoms with Crippen LogP contribution in [0, 0.1) is 5.92 Å². The van der Waals surface area contributed by atoms with E-state index in [0.29, 0.717) is 50.9 Å². The number of nitrogens with zero attached hydrogens (tertiary/aromatic N) is 3. The smallest absolute Gasteiger partial charge is 0.289 e. The summed E-state index contributed by atoms with van der Waals surface area (Å²) in [5, 5.41) is 0.759. The summed E-state index contributed by atoms with van der Waals surface area (Å²) in [5.41, 5.74) is 0.919. The minimum atomic E-state index is -0.165. The Hall–Kier alpha value is -2.71. The second kappa shape index (κ2) is 8.20. The summed E-state index contributed by atoms with van der Waals surface area (Å²) in [5.74, 6) is 0.702. The van der Waals surface area contributed by atoms with Gasteiger partial charge in [-0.05, 0) is 37.1 Å². The zero-order valence-electron chi connectivity index (χ0n) is 16.6. The van der Waals surface area contributed by atoms with E-state index in [-0.39, 0.29) is 17.7 Å². The number of benzene rings is 1. The zero-order valence-corrected chi connectivity index (χ0v) is 17.4. The quantitative estimate of drug-likeness (QED) is 0.644. The average Bonchev–Trinajstić information content (AvgIpc) is 3.46. The van der Waals surface area contributed by atoms with Crippen LogP contribution in [0.5, 0.6) is 0 Å². The first-order valence-electron chi connectivity index (χ1n) is 10.3. The Labute approximate surface area is 178 Å². The maximum atomic E-state index is 13.0. The third-order valence-electron chi connectivity index (χ3n) is 5.70. The van der Waals surface area contributed by atoms with Gasteiger partial charge in [0, 0.05) is 26.2 Å². The molecule has 8 heteroatoms. The molecule has 1 aromatic carbocycles. The van der Waals surface area contributed by atoms with Crippen molar-refractivity contribution >= 4 is 33.4 Å². The van der Waals surface area contributed by atoms with Gasteiger partial charge >= 0.3 is 0 Å². The van der Waals surface area contributed by atoms with Crippen molar-refractivity contribution in [1.82, 2.24) is 14.8 Å². The van der Waals surface area contributed by atoms with Gasteiger partial charge in [0.05, 0.1) is 29.3 Å². The average molecular weight is 426 g/mol. The third-order valence-corrected chi connectivity index (χ3v) is 6.75. The zero-order chi connectivity index (χ0) is 20.5. The Balaban J connectivity index is 1.29. The monoisotopic (exact) mass is 425 g/mol. The number of hydrogen-bond acceptors (Lipinski definition) is 6. The van der Waals surface area contributed by atoms with E-state index in [9.17, 15) is 9.59 Å². The van der Waals surface area contributed by atoms with Gasteiger partial charge in [-0.25, -0.2) is 4.98 Å². The number of carbonyl (C=O) groups excluding carboxylic acids is 2. The van der Waals surface area contributed by atoms with Crippen molar-refractivity contribution in [2.75, 3.05) is 39.4 Å². The van der Waals surface area contributed by atoms with Crippen LogP contribution in [0.15, 0.2) is 40.8 Å². The van der Waals surface area contributed by atoms with Gasteiger partial charge in [0.1, 0.15) is 0 Å². The van der Waals surface area contributed by atoms with E-state index in [1.807, 2.05) is 29.2 Å². The van der Waals surface area contributed by atoms with Gasteiger partial charge in [-0.15, -0.1) is 11.3 Å². The first-order chi connectivity index (χ1) is 14.7. The number of para-hydroxylation sites is 1. The molecule has 0 unspecified atom stereocenters. The van der Waals surface area contributed by atoms with Crippen LogP contribution >= 0.6 is 11.3 Å². The van der Waals surface area contributed by atoms with Gasteiger partial charge < -0.3 is 19.0 Å². The molecular formula is C22H23N3O4S.